The highest BCUT2D eigenvalue weighted by Gasteiger charge is 2.26. The Morgan fingerprint density at radius 2 is 0.906 bits per heavy atom. The average Bonchev–Trinajstić information content (AvgIpc) is 3.14. The maximum atomic E-state index is 12.6. The molecule has 0 saturated carbocycles. The molecule has 53 heavy (non-hydrogen) atoms. The van der Waals surface area contributed by atoms with Crippen LogP contribution < -0.4 is 5.32 Å². The van der Waals surface area contributed by atoms with Gasteiger partial charge in [0.1, 0.15) is 6.61 Å². The smallest absolute Gasteiger partial charge is 0.462 e. The van der Waals surface area contributed by atoms with Gasteiger partial charge in [0.05, 0.1) is 13.2 Å². The molecule has 0 aliphatic rings. The molecule has 0 aliphatic carbocycles. The summed E-state index contributed by atoms with van der Waals surface area (Å²) in [5, 5.41) is 2.33. The molecule has 0 rings (SSSR count). The zero-order chi connectivity index (χ0) is 38.9. The predicted molar refractivity (Wildman–Crippen MR) is 216 cm³/mol. The summed E-state index contributed by atoms with van der Waals surface area (Å²) in [5.41, 5.74) is 0. The number of hydrogen-bond acceptors (Lipinski definition) is 8. The first-order chi connectivity index (χ1) is 25.8. The molecule has 0 aromatic heterocycles. The van der Waals surface area contributed by atoms with E-state index in [-0.39, 0.29) is 32.6 Å². The van der Waals surface area contributed by atoms with Gasteiger partial charge >= 0.3 is 19.8 Å². The van der Waals surface area contributed by atoms with E-state index in [0.717, 1.165) is 38.5 Å². The van der Waals surface area contributed by atoms with E-state index in [1.807, 2.05) is 0 Å². The van der Waals surface area contributed by atoms with Crippen molar-refractivity contribution in [2.24, 2.45) is 0 Å². The van der Waals surface area contributed by atoms with Crippen LogP contribution in [0.15, 0.2) is 0 Å². The van der Waals surface area contributed by atoms with Gasteiger partial charge in [0, 0.05) is 19.4 Å². The van der Waals surface area contributed by atoms with Crippen LogP contribution in [-0.4, -0.2) is 55.7 Å². The molecule has 11 heteroatoms. The van der Waals surface area contributed by atoms with Crippen LogP contribution in [0.25, 0.3) is 0 Å². The van der Waals surface area contributed by atoms with E-state index in [2.05, 4.69) is 19.2 Å². The van der Waals surface area contributed by atoms with E-state index in [0.29, 0.717) is 12.8 Å². The molecule has 1 amide bonds. The molecule has 0 heterocycles. The first-order valence-corrected chi connectivity index (χ1v) is 23.5. The Bertz CT molecular complexity index is 876. The number of esters is 2. The van der Waals surface area contributed by atoms with Crippen LogP contribution in [0.3, 0.4) is 0 Å². The molecule has 0 fully saturated rings. The molecule has 0 aliphatic heterocycles. The molecule has 314 valence electrons. The van der Waals surface area contributed by atoms with E-state index < -0.39 is 32.5 Å². The molecular formula is C42H82NO9P. The molecule has 0 bridgehead atoms. The molecular weight excluding hydrogens is 693 g/mol. The molecule has 2 unspecified atom stereocenters. The summed E-state index contributed by atoms with van der Waals surface area (Å²) in [6, 6.07) is 0. The molecule has 0 saturated heterocycles. The third-order valence-electron chi connectivity index (χ3n) is 9.70. The number of phosphoric ester groups is 1. The molecule has 0 aromatic carbocycles. The van der Waals surface area contributed by atoms with E-state index >= 15 is 0 Å². The third kappa shape index (κ3) is 40.0. The highest BCUT2D eigenvalue weighted by Crippen LogP contribution is 2.43. The van der Waals surface area contributed by atoms with E-state index in [4.69, 9.17) is 18.5 Å². The second-order valence-corrected chi connectivity index (χ2v) is 16.3. The minimum atomic E-state index is -4.47. The van der Waals surface area contributed by atoms with Gasteiger partial charge in [-0.25, -0.2) is 4.57 Å². The maximum Gasteiger partial charge on any atom is 0.472 e. The average molecular weight is 776 g/mol. The Balaban J connectivity index is 4.22. The lowest BCUT2D eigenvalue weighted by Crippen LogP contribution is -2.29. The van der Waals surface area contributed by atoms with Crippen LogP contribution in [0.5, 0.6) is 0 Å². The largest absolute Gasteiger partial charge is 0.472 e. The second kappa shape index (κ2) is 40.2. The lowest BCUT2D eigenvalue weighted by Gasteiger charge is -2.20. The highest BCUT2D eigenvalue weighted by atomic mass is 31.2. The molecule has 2 N–H and O–H groups in total. The number of carbonyl (C=O) groups excluding carboxylic acids is 3. The van der Waals surface area contributed by atoms with E-state index in [1.165, 1.54) is 148 Å². The predicted octanol–water partition coefficient (Wildman–Crippen LogP) is 11.8. The Labute approximate surface area is 325 Å². The van der Waals surface area contributed by atoms with Crippen molar-refractivity contribution < 1.29 is 42.4 Å². The van der Waals surface area contributed by atoms with Gasteiger partial charge in [0.2, 0.25) is 6.41 Å². The van der Waals surface area contributed by atoms with Crippen molar-refractivity contribution in [3.8, 4) is 0 Å². The number of phosphoric acid groups is 1. The van der Waals surface area contributed by atoms with Gasteiger partial charge in [-0.3, -0.25) is 23.4 Å². The van der Waals surface area contributed by atoms with Crippen LogP contribution >= 0.6 is 7.82 Å². The SMILES string of the molecule is CCCCCCCCCCCCCCCCCC(=O)OCC(COP(=O)(O)OCCNC=O)OC(=O)CCCCCCCCCCCCCCCCC. The van der Waals surface area contributed by atoms with Crippen LogP contribution in [-0.2, 0) is 37.5 Å². The number of hydrogen-bond donors (Lipinski definition) is 2. The topological polar surface area (TPSA) is 137 Å². The van der Waals surface area contributed by atoms with Gasteiger partial charge in [-0.1, -0.05) is 194 Å². The number of nitrogens with one attached hydrogen (secondary N) is 1. The minimum absolute atomic E-state index is 0.0337. The molecule has 0 spiro atoms. The minimum Gasteiger partial charge on any atom is -0.462 e. The van der Waals surface area contributed by atoms with Crippen LogP contribution in [0.2, 0.25) is 0 Å². The van der Waals surface area contributed by atoms with Crippen LogP contribution in [0.1, 0.15) is 219 Å². The lowest BCUT2D eigenvalue weighted by atomic mass is 10.0. The van der Waals surface area contributed by atoms with Crippen LogP contribution in [0, 0.1) is 0 Å². The Kier molecular flexibility index (Phi) is 39.1. The monoisotopic (exact) mass is 776 g/mol. The van der Waals surface area contributed by atoms with Gasteiger partial charge in [0.25, 0.3) is 0 Å². The highest BCUT2D eigenvalue weighted by molar-refractivity contribution is 7.47. The molecule has 10 nitrogen and oxygen atoms in total. The van der Waals surface area contributed by atoms with Crippen molar-refractivity contribution in [3.05, 3.63) is 0 Å². The summed E-state index contributed by atoms with van der Waals surface area (Å²) in [7, 11) is -4.47. The summed E-state index contributed by atoms with van der Waals surface area (Å²) in [6.07, 6.45) is 37.0. The molecule has 2 atom stereocenters. The third-order valence-corrected chi connectivity index (χ3v) is 10.7. The summed E-state index contributed by atoms with van der Waals surface area (Å²) in [5.74, 6) is -0.859. The fourth-order valence-electron chi connectivity index (χ4n) is 6.39. The van der Waals surface area contributed by atoms with Gasteiger partial charge < -0.3 is 19.7 Å². The number of rotatable bonds is 43. The summed E-state index contributed by atoms with van der Waals surface area (Å²) in [4.78, 5) is 45.4. The van der Waals surface area contributed by atoms with Gasteiger partial charge in [0.15, 0.2) is 6.10 Å². The van der Waals surface area contributed by atoms with Crippen molar-refractivity contribution in [1.29, 1.82) is 0 Å². The molecule has 0 aromatic rings. The summed E-state index contributed by atoms with van der Waals surface area (Å²) >= 11 is 0. The van der Waals surface area contributed by atoms with Crippen molar-refractivity contribution in [2.45, 2.75) is 225 Å². The fraction of sp³-hybridized carbons (Fsp3) is 0.929. The van der Waals surface area contributed by atoms with Gasteiger partial charge in [-0.2, -0.15) is 0 Å². The van der Waals surface area contributed by atoms with Crippen molar-refractivity contribution >= 4 is 26.2 Å². The quantitative estimate of drug-likeness (QED) is 0.0268. The second-order valence-electron chi connectivity index (χ2n) is 14.9. The lowest BCUT2D eigenvalue weighted by molar-refractivity contribution is -0.161. The van der Waals surface area contributed by atoms with Crippen molar-refractivity contribution in [2.75, 3.05) is 26.4 Å². The van der Waals surface area contributed by atoms with Crippen LogP contribution in [0.4, 0.5) is 0 Å². The van der Waals surface area contributed by atoms with E-state index in [1.54, 1.807) is 0 Å². The number of amides is 1. The number of carbonyl (C=O) groups is 3. The van der Waals surface area contributed by atoms with E-state index in [9.17, 15) is 23.8 Å². The first-order valence-electron chi connectivity index (χ1n) is 22.0. The van der Waals surface area contributed by atoms with Gasteiger partial charge in [-0.05, 0) is 12.8 Å². The van der Waals surface area contributed by atoms with Crippen molar-refractivity contribution in [1.82, 2.24) is 5.32 Å². The standard InChI is InChI=1S/C42H82NO9P/c1-3-5-7-9-11-13-15-17-19-21-23-25-27-29-31-33-41(45)49-37-40(38-51-53(47,48)50-36-35-43-39-44)52-42(46)34-32-30-28-26-24-22-20-18-16-14-12-10-8-6-4-2/h39-40H,3-38H2,1-2H3,(H,43,44)(H,47,48). The summed E-state index contributed by atoms with van der Waals surface area (Å²) < 4.78 is 33.0. The molecule has 0 radical (unpaired) electrons. The normalized spacial score (nSPS) is 13.0. The maximum absolute atomic E-state index is 12.6. The first kappa shape index (κ1) is 51.5. The number of unbranched alkanes of at least 4 members (excludes halogenated alkanes) is 28. The Hall–Kier alpha value is -1.48. The Morgan fingerprint density at radius 3 is 1.28 bits per heavy atom. The zero-order valence-corrected chi connectivity index (χ0v) is 35.2. The van der Waals surface area contributed by atoms with Gasteiger partial charge in [-0.15, -0.1) is 0 Å². The van der Waals surface area contributed by atoms with Crippen molar-refractivity contribution in [3.63, 3.8) is 0 Å². The zero-order valence-electron chi connectivity index (χ0n) is 34.3. The Morgan fingerprint density at radius 1 is 0.547 bits per heavy atom. The fourth-order valence-corrected chi connectivity index (χ4v) is 7.14. The summed E-state index contributed by atoms with van der Waals surface area (Å²) in [6.45, 7) is 3.58. The number of ether oxygens (including phenoxy) is 2.